The zero-order valence-corrected chi connectivity index (χ0v) is 13.0. The van der Waals surface area contributed by atoms with E-state index in [0.29, 0.717) is 12.1 Å². The number of nitrogens with one attached hydrogen (secondary N) is 1. The van der Waals surface area contributed by atoms with Crippen molar-refractivity contribution >= 4 is 21.7 Å². The lowest BCUT2D eigenvalue weighted by Gasteiger charge is -2.35. The van der Waals surface area contributed by atoms with Crippen LogP contribution in [-0.2, 0) is 0 Å². The molecule has 100 valence electrons. The minimum atomic E-state index is 0.558. The van der Waals surface area contributed by atoms with Crippen molar-refractivity contribution in [3.63, 3.8) is 0 Å². The number of hydrogen-bond acceptors (Lipinski definition) is 3. The third-order valence-electron chi connectivity index (χ3n) is 3.65. The standard InChI is InChI=1S/C14H22BrN3/c1-10(2)18-6-4-12(5-7-18)17-14-8-13(15)11(3)9-16-14/h8-10,12H,4-7H2,1-3H3,(H,16,17). The first-order valence-electron chi connectivity index (χ1n) is 6.69. The molecule has 0 spiro atoms. The van der Waals surface area contributed by atoms with Gasteiger partial charge >= 0.3 is 0 Å². The van der Waals surface area contributed by atoms with E-state index in [9.17, 15) is 0 Å². The van der Waals surface area contributed by atoms with Gasteiger partial charge in [-0.1, -0.05) is 15.9 Å². The van der Waals surface area contributed by atoms with Crippen LogP contribution >= 0.6 is 15.9 Å². The summed E-state index contributed by atoms with van der Waals surface area (Å²) >= 11 is 3.55. The molecule has 3 nitrogen and oxygen atoms in total. The van der Waals surface area contributed by atoms with Crippen molar-refractivity contribution in [1.29, 1.82) is 0 Å². The first kappa shape index (κ1) is 13.8. The Balaban J connectivity index is 1.89. The van der Waals surface area contributed by atoms with E-state index in [-0.39, 0.29) is 0 Å². The molecule has 1 aromatic rings. The fourth-order valence-corrected chi connectivity index (χ4v) is 2.67. The second kappa shape index (κ2) is 6.02. The summed E-state index contributed by atoms with van der Waals surface area (Å²) in [6, 6.07) is 3.30. The Labute approximate surface area is 118 Å². The maximum Gasteiger partial charge on any atom is 0.127 e. The number of pyridine rings is 1. The minimum Gasteiger partial charge on any atom is -0.367 e. The van der Waals surface area contributed by atoms with Crippen molar-refractivity contribution < 1.29 is 0 Å². The lowest BCUT2D eigenvalue weighted by molar-refractivity contribution is 0.177. The Morgan fingerprint density at radius 2 is 2.06 bits per heavy atom. The van der Waals surface area contributed by atoms with Gasteiger partial charge in [0, 0.05) is 35.8 Å². The molecule has 2 rings (SSSR count). The van der Waals surface area contributed by atoms with Crippen LogP contribution in [-0.4, -0.2) is 35.1 Å². The monoisotopic (exact) mass is 311 g/mol. The molecule has 0 saturated carbocycles. The molecule has 0 unspecified atom stereocenters. The zero-order chi connectivity index (χ0) is 13.1. The molecule has 0 bridgehead atoms. The summed E-state index contributed by atoms with van der Waals surface area (Å²) in [6.07, 6.45) is 4.31. The highest BCUT2D eigenvalue weighted by Gasteiger charge is 2.20. The van der Waals surface area contributed by atoms with E-state index >= 15 is 0 Å². The maximum atomic E-state index is 4.43. The molecule has 1 aliphatic heterocycles. The third kappa shape index (κ3) is 3.45. The van der Waals surface area contributed by atoms with Crippen LogP contribution in [0.3, 0.4) is 0 Å². The first-order chi connectivity index (χ1) is 8.56. The van der Waals surface area contributed by atoms with Gasteiger partial charge in [-0.15, -0.1) is 0 Å². The SMILES string of the molecule is Cc1cnc(NC2CCN(C(C)C)CC2)cc1Br. The average molecular weight is 312 g/mol. The van der Waals surface area contributed by atoms with Crippen molar-refractivity contribution in [3.8, 4) is 0 Å². The summed E-state index contributed by atoms with van der Waals surface area (Å²) in [5, 5.41) is 3.54. The van der Waals surface area contributed by atoms with Gasteiger partial charge in [-0.3, -0.25) is 0 Å². The predicted octanol–water partition coefficient (Wildman–Crippen LogP) is 3.44. The molecule has 1 saturated heterocycles. The van der Waals surface area contributed by atoms with E-state index in [2.05, 4.69) is 58.0 Å². The number of likely N-dealkylation sites (tertiary alicyclic amines) is 1. The molecule has 18 heavy (non-hydrogen) atoms. The molecular weight excluding hydrogens is 290 g/mol. The summed E-state index contributed by atoms with van der Waals surface area (Å²) in [4.78, 5) is 6.97. The Morgan fingerprint density at radius 3 is 2.61 bits per heavy atom. The van der Waals surface area contributed by atoms with Gasteiger partial charge in [-0.05, 0) is 45.2 Å². The minimum absolute atomic E-state index is 0.558. The molecule has 1 fully saturated rings. The fourth-order valence-electron chi connectivity index (χ4n) is 2.35. The summed E-state index contributed by atoms with van der Waals surface area (Å²) in [5.74, 6) is 0.982. The summed E-state index contributed by atoms with van der Waals surface area (Å²) in [7, 11) is 0. The normalized spacial score (nSPS) is 18.3. The van der Waals surface area contributed by atoms with Gasteiger partial charge in [0.1, 0.15) is 5.82 Å². The smallest absolute Gasteiger partial charge is 0.127 e. The highest BCUT2D eigenvalue weighted by molar-refractivity contribution is 9.10. The first-order valence-corrected chi connectivity index (χ1v) is 7.48. The molecule has 1 aromatic heterocycles. The van der Waals surface area contributed by atoms with Crippen molar-refractivity contribution in [2.45, 2.75) is 45.7 Å². The lowest BCUT2D eigenvalue weighted by Crippen LogP contribution is -2.42. The van der Waals surface area contributed by atoms with Crippen molar-refractivity contribution in [1.82, 2.24) is 9.88 Å². The Kier molecular flexibility index (Phi) is 4.62. The van der Waals surface area contributed by atoms with Crippen LogP contribution in [0.25, 0.3) is 0 Å². The van der Waals surface area contributed by atoms with Gasteiger partial charge in [0.2, 0.25) is 0 Å². The Hall–Kier alpha value is -0.610. The van der Waals surface area contributed by atoms with Crippen molar-refractivity contribution in [2.24, 2.45) is 0 Å². The summed E-state index contributed by atoms with van der Waals surface area (Å²) < 4.78 is 1.12. The number of hydrogen-bond donors (Lipinski definition) is 1. The highest BCUT2D eigenvalue weighted by atomic mass is 79.9. The fraction of sp³-hybridized carbons (Fsp3) is 0.643. The van der Waals surface area contributed by atoms with Gasteiger partial charge in [0.15, 0.2) is 0 Å². The highest BCUT2D eigenvalue weighted by Crippen LogP contribution is 2.21. The van der Waals surface area contributed by atoms with Crippen molar-refractivity contribution in [3.05, 3.63) is 22.3 Å². The molecule has 0 atom stereocenters. The number of halogens is 1. The van der Waals surface area contributed by atoms with Gasteiger partial charge in [0.25, 0.3) is 0 Å². The van der Waals surface area contributed by atoms with Crippen LogP contribution in [0.5, 0.6) is 0 Å². The molecule has 0 amide bonds. The number of aryl methyl sites for hydroxylation is 1. The van der Waals surface area contributed by atoms with Gasteiger partial charge in [0.05, 0.1) is 0 Å². The number of piperidine rings is 1. The average Bonchev–Trinajstić information content (AvgIpc) is 2.34. The van der Waals surface area contributed by atoms with Crippen molar-refractivity contribution in [2.75, 3.05) is 18.4 Å². The summed E-state index contributed by atoms with van der Waals surface area (Å²) in [5.41, 5.74) is 1.18. The molecule has 0 aromatic carbocycles. The van der Waals surface area contributed by atoms with E-state index in [1.165, 1.54) is 31.5 Å². The molecule has 0 aliphatic carbocycles. The van der Waals surface area contributed by atoms with Crippen LogP contribution in [0, 0.1) is 6.92 Å². The van der Waals surface area contributed by atoms with E-state index < -0.39 is 0 Å². The topological polar surface area (TPSA) is 28.2 Å². The number of anilines is 1. The maximum absolute atomic E-state index is 4.43. The van der Waals surface area contributed by atoms with E-state index in [1.807, 2.05) is 6.20 Å². The van der Waals surface area contributed by atoms with Crippen LogP contribution in [0.15, 0.2) is 16.7 Å². The second-order valence-electron chi connectivity index (χ2n) is 5.37. The van der Waals surface area contributed by atoms with Crippen LogP contribution in [0.1, 0.15) is 32.3 Å². The Bertz CT molecular complexity index is 398. The van der Waals surface area contributed by atoms with Gasteiger partial charge in [-0.2, -0.15) is 0 Å². The zero-order valence-electron chi connectivity index (χ0n) is 11.4. The quantitative estimate of drug-likeness (QED) is 0.927. The van der Waals surface area contributed by atoms with E-state index in [1.54, 1.807) is 0 Å². The van der Waals surface area contributed by atoms with E-state index in [4.69, 9.17) is 0 Å². The second-order valence-corrected chi connectivity index (χ2v) is 6.22. The van der Waals surface area contributed by atoms with Crippen LogP contribution < -0.4 is 5.32 Å². The molecular formula is C14H22BrN3. The molecule has 0 radical (unpaired) electrons. The third-order valence-corrected chi connectivity index (χ3v) is 4.50. The summed E-state index contributed by atoms with van der Waals surface area (Å²) in [6.45, 7) is 8.96. The van der Waals surface area contributed by atoms with Crippen LogP contribution in [0.2, 0.25) is 0 Å². The number of rotatable bonds is 3. The molecule has 1 N–H and O–H groups in total. The molecule has 2 heterocycles. The predicted molar refractivity (Wildman–Crippen MR) is 80.0 cm³/mol. The molecule has 1 aliphatic rings. The van der Waals surface area contributed by atoms with Gasteiger partial charge < -0.3 is 10.2 Å². The van der Waals surface area contributed by atoms with E-state index in [0.717, 1.165) is 10.3 Å². The van der Waals surface area contributed by atoms with Gasteiger partial charge in [-0.25, -0.2) is 4.98 Å². The Morgan fingerprint density at radius 1 is 1.39 bits per heavy atom. The number of aromatic nitrogens is 1. The molecule has 4 heteroatoms. The number of nitrogens with zero attached hydrogens (tertiary/aromatic N) is 2. The largest absolute Gasteiger partial charge is 0.367 e. The van der Waals surface area contributed by atoms with Crippen LogP contribution in [0.4, 0.5) is 5.82 Å². The lowest BCUT2D eigenvalue weighted by atomic mass is 10.0.